The van der Waals surface area contributed by atoms with E-state index in [-0.39, 0.29) is 6.04 Å². The van der Waals surface area contributed by atoms with Gasteiger partial charge in [-0.3, -0.25) is 5.84 Å². The molecule has 1 heterocycles. The highest BCUT2D eigenvalue weighted by atomic mass is 35.5. The van der Waals surface area contributed by atoms with Crippen molar-refractivity contribution in [2.45, 2.75) is 6.04 Å². The number of methoxy groups -OCH3 is 1. The second-order valence-electron chi connectivity index (χ2n) is 3.65. The first-order valence-corrected chi connectivity index (χ1v) is 6.82. The summed E-state index contributed by atoms with van der Waals surface area (Å²) >= 11 is 13.7. The molecule has 0 amide bonds. The molecule has 6 heteroatoms. The van der Waals surface area contributed by atoms with Crippen LogP contribution in [0.2, 0.25) is 10.0 Å². The van der Waals surface area contributed by atoms with Crippen molar-refractivity contribution < 1.29 is 4.74 Å². The summed E-state index contributed by atoms with van der Waals surface area (Å²) in [5.41, 5.74) is 3.60. The number of nitrogens with two attached hydrogens (primary N) is 1. The van der Waals surface area contributed by atoms with Gasteiger partial charge in [-0.25, -0.2) is 5.43 Å². The molecule has 0 aliphatic rings. The van der Waals surface area contributed by atoms with Crippen molar-refractivity contribution in [3.05, 3.63) is 50.1 Å². The lowest BCUT2D eigenvalue weighted by Gasteiger charge is -2.16. The second-order valence-corrected chi connectivity index (χ2v) is 5.44. The van der Waals surface area contributed by atoms with Crippen LogP contribution in [0.5, 0.6) is 5.75 Å². The topological polar surface area (TPSA) is 47.3 Å². The van der Waals surface area contributed by atoms with E-state index in [1.54, 1.807) is 36.6 Å². The van der Waals surface area contributed by atoms with Gasteiger partial charge in [0, 0.05) is 20.3 Å². The van der Waals surface area contributed by atoms with Crippen molar-refractivity contribution in [2.75, 3.05) is 7.11 Å². The van der Waals surface area contributed by atoms with Crippen LogP contribution in [0.1, 0.15) is 16.5 Å². The molecule has 0 spiro atoms. The Labute approximate surface area is 119 Å². The molecule has 1 aromatic carbocycles. The lowest BCUT2D eigenvalue weighted by Crippen LogP contribution is -2.28. The molecule has 0 fully saturated rings. The van der Waals surface area contributed by atoms with E-state index in [1.165, 1.54) is 0 Å². The minimum Gasteiger partial charge on any atom is -0.496 e. The Balaban J connectivity index is 2.41. The molecule has 96 valence electrons. The smallest absolute Gasteiger partial charge is 0.129 e. The zero-order valence-corrected chi connectivity index (χ0v) is 11.9. The summed E-state index contributed by atoms with van der Waals surface area (Å²) in [6.07, 6.45) is 0. The number of ether oxygens (including phenoxy) is 1. The SMILES string of the molecule is COc1csc(C(NN)c2cc(Cl)ccc2Cl)c1. The highest BCUT2D eigenvalue weighted by Crippen LogP contribution is 2.34. The predicted octanol–water partition coefficient (Wildman–Crippen LogP) is 3.62. The molecule has 0 bridgehead atoms. The van der Waals surface area contributed by atoms with Gasteiger partial charge in [0.1, 0.15) is 5.75 Å². The fourth-order valence-electron chi connectivity index (χ4n) is 1.65. The average molecular weight is 303 g/mol. The van der Waals surface area contributed by atoms with E-state index in [2.05, 4.69) is 5.43 Å². The van der Waals surface area contributed by atoms with Gasteiger partial charge >= 0.3 is 0 Å². The molecule has 18 heavy (non-hydrogen) atoms. The Kier molecular flexibility index (Phi) is 4.48. The van der Waals surface area contributed by atoms with Crippen LogP contribution in [0, 0.1) is 0 Å². The molecule has 0 aliphatic carbocycles. The first kappa shape index (κ1) is 13.6. The third-order valence-corrected chi connectivity index (χ3v) is 4.11. The summed E-state index contributed by atoms with van der Waals surface area (Å²) in [7, 11) is 1.63. The molecule has 3 N–H and O–H groups in total. The lowest BCUT2D eigenvalue weighted by atomic mass is 10.1. The number of hydrogen-bond acceptors (Lipinski definition) is 4. The van der Waals surface area contributed by atoms with Crippen LogP contribution >= 0.6 is 34.5 Å². The maximum Gasteiger partial charge on any atom is 0.129 e. The van der Waals surface area contributed by atoms with Gasteiger partial charge in [0.15, 0.2) is 0 Å². The summed E-state index contributed by atoms with van der Waals surface area (Å²) in [6.45, 7) is 0. The molecule has 1 unspecified atom stereocenters. The molecule has 2 rings (SSSR count). The highest BCUT2D eigenvalue weighted by molar-refractivity contribution is 7.10. The number of halogens is 2. The lowest BCUT2D eigenvalue weighted by molar-refractivity contribution is 0.416. The van der Waals surface area contributed by atoms with E-state index in [1.807, 2.05) is 11.4 Å². The molecular weight excluding hydrogens is 291 g/mol. The summed E-state index contributed by atoms with van der Waals surface area (Å²) in [5, 5.41) is 3.16. The Hall–Kier alpha value is -0.780. The van der Waals surface area contributed by atoms with Gasteiger partial charge in [0.2, 0.25) is 0 Å². The number of nitrogens with one attached hydrogen (secondary N) is 1. The third kappa shape index (κ3) is 2.79. The minimum absolute atomic E-state index is 0.204. The zero-order chi connectivity index (χ0) is 13.1. The summed E-state index contributed by atoms with van der Waals surface area (Å²) in [4.78, 5) is 1.01. The van der Waals surface area contributed by atoms with E-state index in [4.69, 9.17) is 33.8 Å². The van der Waals surface area contributed by atoms with E-state index in [0.717, 1.165) is 16.2 Å². The molecule has 0 saturated carbocycles. The van der Waals surface area contributed by atoms with Crippen LogP contribution in [0.15, 0.2) is 29.6 Å². The number of hydrogen-bond donors (Lipinski definition) is 2. The minimum atomic E-state index is -0.204. The van der Waals surface area contributed by atoms with Gasteiger partial charge in [-0.05, 0) is 29.8 Å². The van der Waals surface area contributed by atoms with Crippen molar-refractivity contribution in [2.24, 2.45) is 5.84 Å². The number of hydrazine groups is 1. The number of benzene rings is 1. The molecule has 2 aromatic rings. The molecule has 3 nitrogen and oxygen atoms in total. The maximum atomic E-state index is 6.18. The van der Waals surface area contributed by atoms with E-state index < -0.39 is 0 Å². The van der Waals surface area contributed by atoms with Gasteiger partial charge in [0.25, 0.3) is 0 Å². The summed E-state index contributed by atoms with van der Waals surface area (Å²) < 4.78 is 5.16. The fraction of sp³-hybridized carbons (Fsp3) is 0.167. The van der Waals surface area contributed by atoms with Crippen molar-refractivity contribution >= 4 is 34.5 Å². The Morgan fingerprint density at radius 1 is 1.33 bits per heavy atom. The largest absolute Gasteiger partial charge is 0.496 e. The predicted molar refractivity (Wildman–Crippen MR) is 76.5 cm³/mol. The third-order valence-electron chi connectivity index (χ3n) is 2.55. The van der Waals surface area contributed by atoms with Crippen LogP contribution in [0.3, 0.4) is 0 Å². The van der Waals surface area contributed by atoms with Gasteiger partial charge in [0.05, 0.1) is 13.2 Å². The van der Waals surface area contributed by atoms with Crippen LogP contribution in [0.25, 0.3) is 0 Å². The van der Waals surface area contributed by atoms with Crippen molar-refractivity contribution in [3.8, 4) is 5.75 Å². The Morgan fingerprint density at radius 3 is 2.72 bits per heavy atom. The normalized spacial score (nSPS) is 12.4. The molecule has 1 atom stereocenters. The van der Waals surface area contributed by atoms with Crippen LogP contribution in [-0.2, 0) is 0 Å². The van der Waals surface area contributed by atoms with Gasteiger partial charge in [-0.1, -0.05) is 23.2 Å². The quantitative estimate of drug-likeness (QED) is 0.670. The fourth-order valence-corrected chi connectivity index (χ4v) is 2.99. The average Bonchev–Trinajstić information content (AvgIpc) is 2.83. The first-order chi connectivity index (χ1) is 8.65. The highest BCUT2D eigenvalue weighted by Gasteiger charge is 2.18. The van der Waals surface area contributed by atoms with Crippen molar-refractivity contribution in [1.29, 1.82) is 0 Å². The molecule has 0 saturated heterocycles. The Bertz CT molecular complexity index is 545. The van der Waals surface area contributed by atoms with Gasteiger partial charge in [-0.15, -0.1) is 11.3 Å². The molecule has 0 aliphatic heterocycles. The van der Waals surface area contributed by atoms with E-state index in [0.29, 0.717) is 10.0 Å². The second kappa shape index (κ2) is 5.91. The molecular formula is C12H12Cl2N2OS. The number of thiophene rings is 1. The van der Waals surface area contributed by atoms with Gasteiger partial charge < -0.3 is 4.74 Å². The number of rotatable bonds is 4. The summed E-state index contributed by atoms with van der Waals surface area (Å²) in [5.74, 6) is 6.42. The summed E-state index contributed by atoms with van der Waals surface area (Å²) in [6, 6.07) is 7.03. The van der Waals surface area contributed by atoms with Crippen molar-refractivity contribution in [3.63, 3.8) is 0 Å². The maximum absolute atomic E-state index is 6.18. The van der Waals surface area contributed by atoms with Crippen LogP contribution < -0.4 is 16.0 Å². The van der Waals surface area contributed by atoms with E-state index >= 15 is 0 Å². The zero-order valence-electron chi connectivity index (χ0n) is 9.61. The van der Waals surface area contributed by atoms with E-state index in [9.17, 15) is 0 Å². The van der Waals surface area contributed by atoms with Crippen LogP contribution in [0.4, 0.5) is 0 Å². The first-order valence-electron chi connectivity index (χ1n) is 5.19. The monoisotopic (exact) mass is 302 g/mol. The Morgan fingerprint density at radius 2 is 2.11 bits per heavy atom. The standard InChI is InChI=1S/C12H12Cl2N2OS/c1-17-8-5-11(18-6-8)12(16-15)9-4-7(13)2-3-10(9)14/h2-6,12,16H,15H2,1H3. The van der Waals surface area contributed by atoms with Crippen molar-refractivity contribution in [1.82, 2.24) is 5.43 Å². The van der Waals surface area contributed by atoms with Crippen LogP contribution in [-0.4, -0.2) is 7.11 Å². The molecule has 0 radical (unpaired) electrons. The molecule has 1 aromatic heterocycles. The van der Waals surface area contributed by atoms with Gasteiger partial charge in [-0.2, -0.15) is 0 Å².